The Labute approximate surface area is 219 Å². The van der Waals surface area contributed by atoms with Crippen LogP contribution in [-0.4, -0.2) is 53.4 Å². The number of aromatic nitrogens is 4. The first-order valence-electron chi connectivity index (χ1n) is 11.6. The van der Waals surface area contributed by atoms with E-state index in [-0.39, 0.29) is 23.0 Å². The van der Waals surface area contributed by atoms with Crippen LogP contribution in [0, 0.1) is 6.92 Å². The number of nitrogens with one attached hydrogen (secondary N) is 1. The van der Waals surface area contributed by atoms with Crippen LogP contribution in [0.2, 0.25) is 0 Å². The molecule has 1 N–H and O–H groups in total. The fourth-order valence-electron chi connectivity index (χ4n) is 4.37. The zero-order valence-electron chi connectivity index (χ0n) is 20.3. The summed E-state index contributed by atoms with van der Waals surface area (Å²) in [6.45, 7) is 0.199. The van der Waals surface area contributed by atoms with Crippen molar-refractivity contribution in [2.75, 3.05) is 6.61 Å². The van der Waals surface area contributed by atoms with Gasteiger partial charge in [-0.25, -0.2) is 18.1 Å². The fraction of sp³-hybridized carbons (Fsp3) is 0.435. The highest BCUT2D eigenvalue weighted by atomic mass is 32.2. The molecule has 1 aliphatic carbocycles. The van der Waals surface area contributed by atoms with E-state index in [2.05, 4.69) is 29.4 Å². The smallest absolute Gasteiger partial charge is 0.468 e. The van der Waals surface area contributed by atoms with Gasteiger partial charge in [-0.05, 0) is 56.4 Å². The highest BCUT2D eigenvalue weighted by Crippen LogP contribution is 2.36. The van der Waals surface area contributed by atoms with E-state index in [1.807, 2.05) is 4.57 Å². The minimum absolute atomic E-state index is 0.0784. The van der Waals surface area contributed by atoms with E-state index in [0.29, 0.717) is 25.1 Å². The average molecular weight is 580 g/mol. The van der Waals surface area contributed by atoms with Crippen LogP contribution in [0.4, 0.5) is 26.3 Å². The molecule has 4 rings (SSSR count). The molecule has 2 heterocycles. The van der Waals surface area contributed by atoms with Crippen molar-refractivity contribution in [1.82, 2.24) is 24.5 Å². The van der Waals surface area contributed by atoms with Gasteiger partial charge in [0.15, 0.2) is 6.61 Å². The second-order valence-corrected chi connectivity index (χ2v) is 10.6. The third-order valence-electron chi connectivity index (χ3n) is 6.03. The van der Waals surface area contributed by atoms with Gasteiger partial charge >= 0.3 is 12.5 Å². The van der Waals surface area contributed by atoms with Crippen LogP contribution in [0.1, 0.15) is 37.5 Å². The van der Waals surface area contributed by atoms with E-state index in [0.717, 1.165) is 30.8 Å². The number of pyridine rings is 1. The highest BCUT2D eigenvalue weighted by molar-refractivity contribution is 7.89. The van der Waals surface area contributed by atoms with Crippen molar-refractivity contribution in [2.24, 2.45) is 0 Å². The van der Waals surface area contributed by atoms with Crippen LogP contribution < -0.4 is 14.2 Å². The maximum absolute atomic E-state index is 13.2. The Kier molecular flexibility index (Phi) is 8.07. The molecule has 0 amide bonds. The summed E-state index contributed by atoms with van der Waals surface area (Å²) in [5.74, 6) is -0.653. The van der Waals surface area contributed by atoms with Gasteiger partial charge in [-0.1, -0.05) is 6.07 Å². The summed E-state index contributed by atoms with van der Waals surface area (Å²) in [4.78, 5) is 3.00. The van der Waals surface area contributed by atoms with E-state index in [1.165, 1.54) is 12.1 Å². The Balaban J connectivity index is 1.57. The molecule has 0 bridgehead atoms. The molecule has 0 radical (unpaired) electrons. The topological polar surface area (TPSA) is 108 Å². The van der Waals surface area contributed by atoms with Gasteiger partial charge in [0.25, 0.3) is 0 Å². The van der Waals surface area contributed by atoms with Gasteiger partial charge in [0.05, 0.1) is 0 Å². The van der Waals surface area contributed by atoms with Crippen LogP contribution >= 0.6 is 0 Å². The first-order valence-corrected chi connectivity index (χ1v) is 13.1. The second-order valence-electron chi connectivity index (χ2n) is 8.92. The molecule has 1 aromatic carbocycles. The van der Waals surface area contributed by atoms with Crippen molar-refractivity contribution in [3.8, 4) is 22.8 Å². The van der Waals surface area contributed by atoms with Gasteiger partial charge in [0, 0.05) is 29.9 Å². The van der Waals surface area contributed by atoms with Gasteiger partial charge in [0.2, 0.25) is 15.9 Å². The minimum Gasteiger partial charge on any atom is -0.468 e. The molecule has 0 spiro atoms. The predicted molar refractivity (Wildman–Crippen MR) is 124 cm³/mol. The molecule has 3 aromatic rings. The number of hydrogen-bond donors (Lipinski definition) is 1. The summed E-state index contributed by atoms with van der Waals surface area (Å²) in [6, 6.07) is 4.83. The molecular weight excluding hydrogens is 556 g/mol. The maximum atomic E-state index is 13.2. The third kappa shape index (κ3) is 7.59. The molecule has 2 aromatic heterocycles. The van der Waals surface area contributed by atoms with E-state index in [9.17, 15) is 34.8 Å². The Morgan fingerprint density at radius 2 is 1.82 bits per heavy atom. The van der Waals surface area contributed by atoms with Gasteiger partial charge in [-0.2, -0.15) is 13.2 Å². The van der Waals surface area contributed by atoms with Crippen molar-refractivity contribution < 1.29 is 44.2 Å². The van der Waals surface area contributed by atoms with Gasteiger partial charge in [-0.15, -0.1) is 23.4 Å². The minimum atomic E-state index is -5.20. The summed E-state index contributed by atoms with van der Waals surface area (Å²) >= 11 is 0. The maximum Gasteiger partial charge on any atom is 0.573 e. The van der Waals surface area contributed by atoms with Crippen molar-refractivity contribution in [3.05, 3.63) is 48.7 Å². The van der Waals surface area contributed by atoms with Crippen molar-refractivity contribution in [1.29, 1.82) is 0 Å². The number of hydrogen-bond acceptors (Lipinski definition) is 7. The largest absolute Gasteiger partial charge is 0.573 e. The Hall–Kier alpha value is -3.40. The lowest BCUT2D eigenvalue weighted by atomic mass is 9.91. The zero-order valence-corrected chi connectivity index (χ0v) is 21.1. The van der Waals surface area contributed by atoms with Crippen molar-refractivity contribution in [3.63, 3.8) is 0 Å². The van der Waals surface area contributed by atoms with E-state index in [1.54, 1.807) is 13.3 Å². The Morgan fingerprint density at radius 3 is 2.44 bits per heavy atom. The van der Waals surface area contributed by atoms with Crippen molar-refractivity contribution >= 4 is 10.0 Å². The van der Waals surface area contributed by atoms with E-state index < -0.39 is 45.9 Å². The molecule has 0 aliphatic heterocycles. The lowest BCUT2D eigenvalue weighted by Gasteiger charge is -2.30. The SMILES string of the molecule is Cc1nncn1[C@@H]1CCC[C@H](NS(=O)(=O)c2ccc(-c3ccc(OCC(F)(F)F)nc3)cc2OC(F)(F)F)C1. The first kappa shape index (κ1) is 28.6. The number of aryl methyl sites for hydroxylation is 1. The van der Waals surface area contributed by atoms with E-state index in [4.69, 9.17) is 0 Å². The summed E-state index contributed by atoms with van der Waals surface area (Å²) < 4.78 is 116. The first-order chi connectivity index (χ1) is 18.2. The third-order valence-corrected chi connectivity index (χ3v) is 7.59. The molecule has 16 heteroatoms. The quantitative estimate of drug-likeness (QED) is 0.376. The summed E-state index contributed by atoms with van der Waals surface area (Å²) in [7, 11) is -4.45. The van der Waals surface area contributed by atoms with Crippen LogP contribution in [0.5, 0.6) is 11.6 Å². The molecule has 9 nitrogen and oxygen atoms in total. The summed E-state index contributed by atoms with van der Waals surface area (Å²) in [6.07, 6.45) is -4.82. The molecule has 0 unspecified atom stereocenters. The monoisotopic (exact) mass is 579 g/mol. The van der Waals surface area contributed by atoms with Crippen LogP contribution in [0.15, 0.2) is 47.8 Å². The van der Waals surface area contributed by atoms with Gasteiger partial charge in [0.1, 0.15) is 22.8 Å². The fourth-order valence-corrected chi connectivity index (χ4v) is 5.76. The number of nitrogens with zero attached hydrogens (tertiary/aromatic N) is 4. The van der Waals surface area contributed by atoms with Crippen LogP contribution in [0.3, 0.4) is 0 Å². The summed E-state index contributed by atoms with van der Waals surface area (Å²) in [5.41, 5.74) is 0.279. The highest BCUT2D eigenvalue weighted by Gasteiger charge is 2.36. The van der Waals surface area contributed by atoms with Crippen LogP contribution in [-0.2, 0) is 10.0 Å². The predicted octanol–water partition coefficient (Wildman–Crippen LogP) is 4.95. The Bertz CT molecular complexity index is 1390. The molecule has 0 saturated heterocycles. The lowest BCUT2D eigenvalue weighted by Crippen LogP contribution is -2.39. The second kappa shape index (κ2) is 11.0. The number of rotatable bonds is 8. The van der Waals surface area contributed by atoms with Gasteiger partial charge in [-0.3, -0.25) is 0 Å². The molecular formula is C23H23F6N5O4S. The molecule has 1 fully saturated rings. The number of halogens is 6. The van der Waals surface area contributed by atoms with Crippen molar-refractivity contribution in [2.45, 2.75) is 62.1 Å². The average Bonchev–Trinajstić information content (AvgIpc) is 3.27. The molecule has 39 heavy (non-hydrogen) atoms. The number of alkyl halides is 6. The number of benzene rings is 1. The normalized spacial score (nSPS) is 18.6. The van der Waals surface area contributed by atoms with E-state index >= 15 is 0 Å². The number of ether oxygens (including phenoxy) is 2. The molecule has 2 atom stereocenters. The lowest BCUT2D eigenvalue weighted by molar-refractivity contribution is -0.275. The molecule has 1 saturated carbocycles. The number of sulfonamides is 1. The van der Waals surface area contributed by atoms with Gasteiger partial charge < -0.3 is 14.0 Å². The Morgan fingerprint density at radius 1 is 1.08 bits per heavy atom. The molecule has 1 aliphatic rings. The van der Waals surface area contributed by atoms with Crippen LogP contribution in [0.25, 0.3) is 11.1 Å². The standard InChI is InChI=1S/C23H23F6N5O4S/c1-14-32-31-13-34(14)18-4-2-3-17(10-18)33-39(35,36)20-7-5-15(9-19(20)38-23(27,28)29)16-6-8-21(30-11-16)37-12-22(24,25)26/h5-9,11,13,17-18,33H,2-4,10,12H2,1H3/t17-,18+/m0/s1. The summed E-state index contributed by atoms with van der Waals surface area (Å²) in [5, 5.41) is 7.78. The molecule has 212 valence electrons. The zero-order chi connectivity index (χ0) is 28.4.